The summed E-state index contributed by atoms with van der Waals surface area (Å²) in [7, 11) is 0. The molecule has 1 amide bonds. The Morgan fingerprint density at radius 1 is 1.20 bits per heavy atom. The zero-order chi connectivity index (χ0) is 17.4. The summed E-state index contributed by atoms with van der Waals surface area (Å²) in [6, 6.07) is 10.6. The van der Waals surface area contributed by atoms with Gasteiger partial charge in [0.1, 0.15) is 11.8 Å². The Balaban J connectivity index is 1.77. The Kier molecular flexibility index (Phi) is 3.68. The van der Waals surface area contributed by atoms with Crippen LogP contribution in [0.15, 0.2) is 47.0 Å². The number of hydrogen-bond acceptors (Lipinski definition) is 6. The molecule has 126 valence electrons. The monoisotopic (exact) mass is 336 g/mol. The molecule has 7 nitrogen and oxygen atoms in total. The van der Waals surface area contributed by atoms with Gasteiger partial charge in [0, 0.05) is 26.1 Å². The molecule has 1 atom stereocenters. The quantitative estimate of drug-likeness (QED) is 0.772. The molecule has 2 aromatic heterocycles. The summed E-state index contributed by atoms with van der Waals surface area (Å²) in [6.45, 7) is 2.10. The Labute approximate surface area is 144 Å². The molecule has 0 aliphatic carbocycles. The first-order valence-corrected chi connectivity index (χ1v) is 7.95. The van der Waals surface area contributed by atoms with Crippen LogP contribution in [-0.4, -0.2) is 31.1 Å². The van der Waals surface area contributed by atoms with E-state index in [1.54, 1.807) is 17.9 Å². The van der Waals surface area contributed by atoms with Gasteiger partial charge in [-0.05, 0) is 23.3 Å². The maximum absolute atomic E-state index is 13.0. The van der Waals surface area contributed by atoms with Crippen molar-refractivity contribution in [1.29, 1.82) is 0 Å². The lowest BCUT2D eigenvalue weighted by Gasteiger charge is -2.34. The number of nitrogens with zero attached hydrogens (tertiary/aromatic N) is 4. The van der Waals surface area contributed by atoms with Crippen LogP contribution in [0.4, 0.5) is 0 Å². The van der Waals surface area contributed by atoms with Crippen LogP contribution in [0.1, 0.15) is 39.4 Å². The van der Waals surface area contributed by atoms with Gasteiger partial charge in [-0.25, -0.2) is 4.98 Å². The highest BCUT2D eigenvalue weighted by atomic mass is 16.4. The van der Waals surface area contributed by atoms with Gasteiger partial charge in [0.25, 0.3) is 5.91 Å². The molecule has 7 heteroatoms. The van der Waals surface area contributed by atoms with Crippen molar-refractivity contribution in [2.75, 3.05) is 0 Å². The molecule has 25 heavy (non-hydrogen) atoms. The Morgan fingerprint density at radius 3 is 2.72 bits per heavy atom. The molecule has 1 aliphatic rings. The third-order valence-electron chi connectivity index (χ3n) is 4.33. The molecule has 0 unspecified atom stereocenters. The van der Waals surface area contributed by atoms with Gasteiger partial charge in [-0.2, -0.15) is 0 Å². The third-order valence-corrected chi connectivity index (χ3v) is 4.33. The second-order valence-corrected chi connectivity index (χ2v) is 5.95. The van der Waals surface area contributed by atoms with Crippen molar-refractivity contribution in [3.05, 3.63) is 71.2 Å². The molecule has 0 spiro atoms. The zero-order valence-corrected chi connectivity index (χ0v) is 13.6. The molecular weight excluding hydrogens is 320 g/mol. The average Bonchev–Trinajstić information content (AvgIpc) is 3.07. The highest BCUT2D eigenvalue weighted by molar-refractivity contribution is 5.95. The van der Waals surface area contributed by atoms with Crippen molar-refractivity contribution in [3.63, 3.8) is 0 Å². The van der Waals surface area contributed by atoms with Gasteiger partial charge in [-0.1, -0.05) is 24.3 Å². The van der Waals surface area contributed by atoms with Gasteiger partial charge in [-0.15, -0.1) is 10.2 Å². The van der Waals surface area contributed by atoms with Gasteiger partial charge >= 0.3 is 0 Å². The summed E-state index contributed by atoms with van der Waals surface area (Å²) in [5.74, 6) is 0.318. The van der Waals surface area contributed by atoms with Gasteiger partial charge in [0.15, 0.2) is 5.69 Å². The van der Waals surface area contributed by atoms with E-state index in [0.717, 1.165) is 11.1 Å². The first-order valence-electron chi connectivity index (χ1n) is 7.95. The number of aryl methyl sites for hydroxylation is 1. The third kappa shape index (κ3) is 2.73. The van der Waals surface area contributed by atoms with Crippen LogP contribution in [0.3, 0.4) is 0 Å². The van der Waals surface area contributed by atoms with Crippen molar-refractivity contribution in [3.8, 4) is 5.75 Å². The fourth-order valence-corrected chi connectivity index (χ4v) is 3.10. The average molecular weight is 336 g/mol. The van der Waals surface area contributed by atoms with E-state index in [2.05, 4.69) is 15.2 Å². The number of aromatic nitrogens is 3. The smallest absolute Gasteiger partial charge is 0.277 e. The second-order valence-electron chi connectivity index (χ2n) is 5.95. The summed E-state index contributed by atoms with van der Waals surface area (Å²) in [5, 5.41) is 18.0. The van der Waals surface area contributed by atoms with Crippen molar-refractivity contribution in [2.24, 2.45) is 0 Å². The number of benzene rings is 1. The molecule has 3 heterocycles. The summed E-state index contributed by atoms with van der Waals surface area (Å²) >= 11 is 0. The molecule has 0 radical (unpaired) electrons. The predicted octanol–water partition coefficient (Wildman–Crippen LogP) is 2.42. The minimum absolute atomic E-state index is 0.0168. The fourth-order valence-electron chi connectivity index (χ4n) is 3.10. The highest BCUT2D eigenvalue weighted by Crippen LogP contribution is 2.34. The van der Waals surface area contributed by atoms with E-state index in [-0.39, 0.29) is 17.4 Å². The van der Waals surface area contributed by atoms with Crippen LogP contribution in [0.25, 0.3) is 0 Å². The summed E-state index contributed by atoms with van der Waals surface area (Å²) in [6.07, 6.45) is 2.05. The first-order chi connectivity index (χ1) is 12.1. The number of amides is 1. The topological polar surface area (TPSA) is 92.4 Å². The van der Waals surface area contributed by atoms with E-state index in [0.29, 0.717) is 24.7 Å². The van der Waals surface area contributed by atoms with E-state index < -0.39 is 6.04 Å². The largest absolute Gasteiger partial charge is 0.505 e. The van der Waals surface area contributed by atoms with Crippen LogP contribution in [0.5, 0.6) is 5.75 Å². The molecule has 0 saturated heterocycles. The van der Waals surface area contributed by atoms with Gasteiger partial charge in [0.05, 0.1) is 0 Å². The van der Waals surface area contributed by atoms with Crippen molar-refractivity contribution in [1.82, 2.24) is 20.1 Å². The minimum atomic E-state index is -0.398. The van der Waals surface area contributed by atoms with Crippen LogP contribution in [0.2, 0.25) is 0 Å². The van der Waals surface area contributed by atoms with E-state index >= 15 is 0 Å². The van der Waals surface area contributed by atoms with E-state index in [4.69, 9.17) is 4.42 Å². The van der Waals surface area contributed by atoms with Crippen LogP contribution in [-0.2, 0) is 13.0 Å². The first kappa shape index (κ1) is 15.3. The highest BCUT2D eigenvalue weighted by Gasteiger charge is 2.36. The van der Waals surface area contributed by atoms with Crippen LogP contribution in [0, 0.1) is 6.92 Å². The molecule has 0 bridgehead atoms. The lowest BCUT2D eigenvalue weighted by atomic mass is 9.93. The second kappa shape index (κ2) is 6.01. The van der Waals surface area contributed by atoms with Crippen LogP contribution < -0.4 is 0 Å². The minimum Gasteiger partial charge on any atom is -0.505 e. The molecule has 0 saturated carbocycles. The lowest BCUT2D eigenvalue weighted by molar-refractivity contribution is 0.0593. The lowest BCUT2D eigenvalue weighted by Crippen LogP contribution is -2.39. The number of pyridine rings is 1. The van der Waals surface area contributed by atoms with E-state index in [1.807, 2.05) is 24.3 Å². The Bertz CT molecular complexity index is 937. The van der Waals surface area contributed by atoms with E-state index in [9.17, 15) is 9.90 Å². The SMILES string of the molecule is Cc1nnc([C@@H]2Cc3ccccc3CN2C(=O)c2ncccc2O)o1. The van der Waals surface area contributed by atoms with Crippen molar-refractivity contribution >= 4 is 5.91 Å². The van der Waals surface area contributed by atoms with Gasteiger partial charge < -0.3 is 14.4 Å². The molecule has 1 aromatic carbocycles. The van der Waals surface area contributed by atoms with Crippen LogP contribution >= 0.6 is 0 Å². The molecule has 3 aromatic rings. The molecule has 4 rings (SSSR count). The molecular formula is C18H16N4O3. The normalized spacial score (nSPS) is 16.5. The number of carbonyl (C=O) groups is 1. The fraction of sp³-hybridized carbons (Fsp3) is 0.222. The Hall–Kier alpha value is -3.22. The summed E-state index contributed by atoms with van der Waals surface area (Å²) < 4.78 is 5.59. The Morgan fingerprint density at radius 2 is 2.00 bits per heavy atom. The summed E-state index contributed by atoms with van der Waals surface area (Å²) in [4.78, 5) is 18.7. The number of aromatic hydroxyl groups is 1. The number of fused-ring (bicyclic) bond motifs is 1. The maximum Gasteiger partial charge on any atom is 0.277 e. The van der Waals surface area contributed by atoms with Gasteiger partial charge in [0.2, 0.25) is 11.8 Å². The molecule has 0 fully saturated rings. The van der Waals surface area contributed by atoms with Crippen molar-refractivity contribution < 1.29 is 14.3 Å². The molecule has 1 aliphatic heterocycles. The number of carbonyl (C=O) groups excluding carboxylic acids is 1. The summed E-state index contributed by atoms with van der Waals surface area (Å²) in [5.41, 5.74) is 2.21. The standard InChI is InChI=1S/C18H16N4O3/c1-11-20-21-17(25-11)14-9-12-5-2-3-6-13(12)10-22(14)18(24)16-15(23)7-4-8-19-16/h2-8,14,23H,9-10H2,1H3/t14-/m0/s1. The number of hydrogen-bond donors (Lipinski definition) is 1. The predicted molar refractivity (Wildman–Crippen MR) is 87.7 cm³/mol. The van der Waals surface area contributed by atoms with E-state index in [1.165, 1.54) is 12.3 Å². The molecule has 1 N–H and O–H groups in total. The van der Waals surface area contributed by atoms with Crippen molar-refractivity contribution in [2.45, 2.75) is 25.9 Å². The van der Waals surface area contributed by atoms with Gasteiger partial charge in [-0.3, -0.25) is 4.79 Å². The number of rotatable bonds is 2. The maximum atomic E-state index is 13.0. The zero-order valence-electron chi connectivity index (χ0n) is 13.6.